The molecule has 1 aromatic heterocycles. The minimum Gasteiger partial charge on any atom is -0.392 e. The third kappa shape index (κ3) is 6.54. The highest BCUT2D eigenvalue weighted by Gasteiger charge is 2.54. The Bertz CT molecular complexity index is 970. The fourth-order valence-corrected chi connectivity index (χ4v) is 8.15. The Kier molecular flexibility index (Phi) is 8.68. The normalized spacial score (nSPS) is 31.2. The Morgan fingerprint density at radius 3 is 2.68 bits per heavy atom. The summed E-state index contributed by atoms with van der Waals surface area (Å²) in [7, 11) is 0. The lowest BCUT2D eigenvalue weighted by Crippen LogP contribution is -3.14. The second-order valence-electron chi connectivity index (χ2n) is 13.1. The first-order chi connectivity index (χ1) is 17.4. The van der Waals surface area contributed by atoms with Crippen molar-refractivity contribution in [3.05, 3.63) is 10.6 Å². The average Bonchev–Trinajstić information content (AvgIpc) is 3.19. The summed E-state index contributed by atoms with van der Waals surface area (Å²) >= 11 is 1.58. The average molecular weight is 536 g/mol. The summed E-state index contributed by atoms with van der Waals surface area (Å²) in [6.45, 7) is 17.7. The molecule has 208 valence electrons. The highest BCUT2D eigenvalue weighted by Crippen LogP contribution is 2.57. The molecule has 1 saturated carbocycles. The SMILES string of the molecule is C[C@H](C(=O)NCC[NH+]1CCOCC1)[C@H]1CC[C@]2(C)Cc3sc(NC(=O)CC(C)(C)C)nc3[C@@H](C)[C@@H]2[C@H]1O. The molecular formula is C28H47N4O4S+. The van der Waals surface area contributed by atoms with Crippen LogP contribution in [0.2, 0.25) is 0 Å². The van der Waals surface area contributed by atoms with Gasteiger partial charge in [-0.2, -0.15) is 0 Å². The highest BCUT2D eigenvalue weighted by molar-refractivity contribution is 7.15. The van der Waals surface area contributed by atoms with Crippen molar-refractivity contribution in [2.75, 3.05) is 44.7 Å². The van der Waals surface area contributed by atoms with Gasteiger partial charge in [0.15, 0.2) is 5.13 Å². The summed E-state index contributed by atoms with van der Waals surface area (Å²) in [4.78, 5) is 33.1. The lowest BCUT2D eigenvalue weighted by atomic mass is 9.53. The minimum absolute atomic E-state index is 0.00923. The molecule has 3 aliphatic rings. The van der Waals surface area contributed by atoms with Crippen molar-refractivity contribution in [3.8, 4) is 0 Å². The van der Waals surface area contributed by atoms with Crippen LogP contribution in [0.4, 0.5) is 5.13 Å². The van der Waals surface area contributed by atoms with Crippen LogP contribution in [0.15, 0.2) is 0 Å². The lowest BCUT2D eigenvalue weighted by Gasteiger charge is -2.53. The number of hydrogen-bond donors (Lipinski definition) is 4. The molecule has 0 unspecified atom stereocenters. The number of rotatable bonds is 7. The van der Waals surface area contributed by atoms with Crippen molar-refractivity contribution < 1.29 is 24.3 Å². The summed E-state index contributed by atoms with van der Waals surface area (Å²) in [5.74, 6) is -0.173. The second-order valence-corrected chi connectivity index (χ2v) is 14.2. The van der Waals surface area contributed by atoms with Crippen LogP contribution in [0.3, 0.4) is 0 Å². The van der Waals surface area contributed by atoms with Gasteiger partial charge in [-0.15, -0.1) is 11.3 Å². The topological polar surface area (TPSA) is 105 Å². The number of aliphatic hydroxyl groups excluding tert-OH is 1. The summed E-state index contributed by atoms with van der Waals surface area (Å²) in [6.07, 6.45) is 2.56. The van der Waals surface area contributed by atoms with E-state index in [1.807, 2.05) is 6.92 Å². The van der Waals surface area contributed by atoms with Crippen LogP contribution in [0.5, 0.6) is 0 Å². The van der Waals surface area contributed by atoms with Crippen LogP contribution in [-0.2, 0) is 20.7 Å². The van der Waals surface area contributed by atoms with Gasteiger partial charge in [0.25, 0.3) is 0 Å². The van der Waals surface area contributed by atoms with E-state index in [0.29, 0.717) is 18.1 Å². The van der Waals surface area contributed by atoms with Gasteiger partial charge in [0.2, 0.25) is 11.8 Å². The molecule has 1 saturated heterocycles. The summed E-state index contributed by atoms with van der Waals surface area (Å²) in [5.41, 5.74) is 0.878. The molecule has 8 nitrogen and oxygen atoms in total. The number of aromatic nitrogens is 1. The number of morpholine rings is 1. The number of fused-ring (bicyclic) bond motifs is 2. The van der Waals surface area contributed by atoms with Crippen molar-refractivity contribution in [2.45, 2.75) is 79.2 Å². The van der Waals surface area contributed by atoms with Crippen LogP contribution in [0.25, 0.3) is 0 Å². The predicted molar refractivity (Wildman–Crippen MR) is 146 cm³/mol. The van der Waals surface area contributed by atoms with E-state index in [9.17, 15) is 14.7 Å². The monoisotopic (exact) mass is 535 g/mol. The smallest absolute Gasteiger partial charge is 0.226 e. The number of quaternary nitrogens is 1. The Labute approximate surface area is 225 Å². The van der Waals surface area contributed by atoms with Gasteiger partial charge in [-0.1, -0.05) is 41.5 Å². The van der Waals surface area contributed by atoms with E-state index >= 15 is 0 Å². The summed E-state index contributed by atoms with van der Waals surface area (Å²) in [6, 6.07) is 0. The molecule has 2 heterocycles. The van der Waals surface area contributed by atoms with Crippen molar-refractivity contribution in [3.63, 3.8) is 0 Å². The number of carbonyl (C=O) groups is 2. The molecule has 1 aromatic rings. The number of hydrogen-bond acceptors (Lipinski definition) is 6. The fraction of sp³-hybridized carbons (Fsp3) is 0.821. The van der Waals surface area contributed by atoms with E-state index in [1.54, 1.807) is 11.3 Å². The predicted octanol–water partition coefficient (Wildman–Crippen LogP) is 2.24. The number of carbonyl (C=O) groups excluding carboxylic acids is 2. The molecule has 0 aromatic carbocycles. The first kappa shape index (κ1) is 28.5. The zero-order valence-electron chi connectivity index (χ0n) is 23.5. The third-order valence-electron chi connectivity index (χ3n) is 8.89. The van der Waals surface area contributed by atoms with E-state index < -0.39 is 6.10 Å². The Balaban J connectivity index is 1.40. The number of amides is 2. The molecule has 2 fully saturated rings. The number of anilines is 1. The van der Waals surface area contributed by atoms with Gasteiger partial charge in [0.05, 0.1) is 38.1 Å². The number of ether oxygens (including phenoxy) is 1. The van der Waals surface area contributed by atoms with Gasteiger partial charge in [0, 0.05) is 23.1 Å². The zero-order valence-corrected chi connectivity index (χ0v) is 24.3. The Hall–Kier alpha value is -1.55. The molecule has 0 bridgehead atoms. The van der Waals surface area contributed by atoms with Crippen LogP contribution >= 0.6 is 11.3 Å². The third-order valence-corrected chi connectivity index (χ3v) is 9.88. The quantitative estimate of drug-likeness (QED) is 0.429. The molecule has 4 rings (SSSR count). The zero-order chi connectivity index (χ0) is 27.0. The number of nitrogens with one attached hydrogen (secondary N) is 3. The lowest BCUT2D eigenvalue weighted by molar-refractivity contribution is -0.906. The molecule has 37 heavy (non-hydrogen) atoms. The van der Waals surface area contributed by atoms with Crippen LogP contribution in [0.1, 0.15) is 77.3 Å². The molecule has 9 heteroatoms. The van der Waals surface area contributed by atoms with Crippen LogP contribution in [0, 0.1) is 28.6 Å². The number of thiazole rings is 1. The van der Waals surface area contributed by atoms with Crippen molar-refractivity contribution in [1.29, 1.82) is 0 Å². The molecule has 1 aliphatic heterocycles. The number of aliphatic hydroxyl groups is 1. The fourth-order valence-electron chi connectivity index (χ4n) is 6.87. The Morgan fingerprint density at radius 2 is 2.00 bits per heavy atom. The molecule has 2 aliphatic carbocycles. The largest absolute Gasteiger partial charge is 0.392 e. The van der Waals surface area contributed by atoms with Crippen molar-refractivity contribution in [2.24, 2.45) is 28.6 Å². The molecule has 6 atom stereocenters. The van der Waals surface area contributed by atoms with Gasteiger partial charge < -0.3 is 25.4 Å². The maximum atomic E-state index is 13.0. The standard InChI is InChI=1S/C28H46N4O4S/c1-17(25(35)29-9-10-32-11-13-36-14-12-32)19-7-8-28(6)15-20-23(18(2)22(28)24(19)34)31-26(37-20)30-21(33)16-27(3,4)5/h17-19,22,24,34H,7-16H2,1-6H3,(H,29,35)(H,30,31,33)/p+1/t17-,18-,19+,22+,24-,28+/m0/s1. The number of nitrogens with zero attached hydrogens (tertiary/aromatic N) is 1. The van der Waals surface area contributed by atoms with Crippen molar-refractivity contribution >= 4 is 28.3 Å². The van der Waals surface area contributed by atoms with E-state index in [-0.39, 0.29) is 46.3 Å². The van der Waals surface area contributed by atoms with Gasteiger partial charge in [-0.25, -0.2) is 4.98 Å². The maximum Gasteiger partial charge on any atom is 0.226 e. The first-order valence-electron chi connectivity index (χ1n) is 14.0. The van der Waals surface area contributed by atoms with Gasteiger partial charge in [-0.3, -0.25) is 9.59 Å². The van der Waals surface area contributed by atoms with E-state index in [2.05, 4.69) is 45.3 Å². The summed E-state index contributed by atoms with van der Waals surface area (Å²) in [5, 5.41) is 18.5. The highest BCUT2D eigenvalue weighted by atomic mass is 32.1. The van der Waals surface area contributed by atoms with E-state index in [0.717, 1.165) is 57.8 Å². The molecular weight excluding hydrogens is 488 g/mol. The van der Waals surface area contributed by atoms with Gasteiger partial charge in [-0.05, 0) is 41.9 Å². The molecule has 4 N–H and O–H groups in total. The van der Waals surface area contributed by atoms with Crippen molar-refractivity contribution in [1.82, 2.24) is 10.3 Å². The van der Waals surface area contributed by atoms with Crippen LogP contribution in [-0.4, -0.2) is 67.4 Å². The summed E-state index contributed by atoms with van der Waals surface area (Å²) < 4.78 is 5.42. The molecule has 0 spiro atoms. The van der Waals surface area contributed by atoms with E-state index in [4.69, 9.17) is 9.72 Å². The van der Waals surface area contributed by atoms with Gasteiger partial charge in [0.1, 0.15) is 13.1 Å². The van der Waals surface area contributed by atoms with Crippen LogP contribution < -0.4 is 15.5 Å². The Morgan fingerprint density at radius 1 is 1.30 bits per heavy atom. The maximum absolute atomic E-state index is 13.0. The van der Waals surface area contributed by atoms with Gasteiger partial charge >= 0.3 is 0 Å². The molecule has 0 radical (unpaired) electrons. The first-order valence-corrected chi connectivity index (χ1v) is 14.9. The van der Waals surface area contributed by atoms with E-state index in [1.165, 1.54) is 9.78 Å². The molecule has 2 amide bonds. The second kappa shape index (κ2) is 11.3. The minimum atomic E-state index is -0.562.